The number of benzene rings is 2. The van der Waals surface area contributed by atoms with E-state index >= 15 is 0 Å². The monoisotopic (exact) mass is 408 g/mol. The van der Waals surface area contributed by atoms with E-state index < -0.39 is 17.7 Å². The molecule has 0 aliphatic rings. The van der Waals surface area contributed by atoms with Crippen molar-refractivity contribution in [3.63, 3.8) is 0 Å². The smallest absolute Gasteiger partial charge is 0.408 e. The van der Waals surface area contributed by atoms with Crippen LogP contribution in [0.3, 0.4) is 0 Å². The van der Waals surface area contributed by atoms with E-state index in [4.69, 9.17) is 9.26 Å². The summed E-state index contributed by atoms with van der Waals surface area (Å²) in [4.78, 5) is 19.1. The summed E-state index contributed by atoms with van der Waals surface area (Å²) in [7, 11) is 3.91. The molecule has 7 nitrogen and oxygen atoms in total. The molecular formula is C23H28N4O3. The van der Waals surface area contributed by atoms with Gasteiger partial charge in [0, 0.05) is 0 Å². The Morgan fingerprint density at radius 2 is 1.57 bits per heavy atom. The Bertz CT molecular complexity index is 949. The van der Waals surface area contributed by atoms with Crippen LogP contribution >= 0.6 is 0 Å². The fourth-order valence-corrected chi connectivity index (χ4v) is 3.14. The van der Waals surface area contributed by atoms with E-state index in [-0.39, 0.29) is 6.04 Å². The van der Waals surface area contributed by atoms with Crippen molar-refractivity contribution < 1.29 is 14.1 Å². The first kappa shape index (κ1) is 21.5. The molecule has 1 heterocycles. The van der Waals surface area contributed by atoms with Crippen LogP contribution in [0.1, 0.15) is 55.7 Å². The van der Waals surface area contributed by atoms with Crippen LogP contribution in [-0.4, -0.2) is 40.8 Å². The zero-order valence-corrected chi connectivity index (χ0v) is 18.0. The zero-order chi connectivity index (χ0) is 21.7. The minimum absolute atomic E-state index is 0.203. The molecule has 1 N–H and O–H groups in total. The third kappa shape index (κ3) is 5.45. The Morgan fingerprint density at radius 3 is 2.10 bits per heavy atom. The molecule has 1 amide bonds. The second-order valence-corrected chi connectivity index (χ2v) is 8.26. The van der Waals surface area contributed by atoms with Crippen LogP contribution in [0, 0.1) is 0 Å². The lowest BCUT2D eigenvalue weighted by atomic mass is 10.1. The Morgan fingerprint density at radius 1 is 1.00 bits per heavy atom. The quantitative estimate of drug-likeness (QED) is 0.654. The Balaban J connectivity index is 1.93. The largest absolute Gasteiger partial charge is 0.444 e. The fraction of sp³-hybridized carbons (Fsp3) is 0.348. The van der Waals surface area contributed by atoms with E-state index in [1.165, 1.54) is 0 Å². The van der Waals surface area contributed by atoms with Gasteiger partial charge in [-0.2, -0.15) is 4.98 Å². The van der Waals surface area contributed by atoms with Crippen molar-refractivity contribution >= 4 is 6.09 Å². The van der Waals surface area contributed by atoms with Gasteiger partial charge in [-0.25, -0.2) is 4.79 Å². The highest BCUT2D eigenvalue weighted by atomic mass is 16.6. The summed E-state index contributed by atoms with van der Waals surface area (Å²) in [6.07, 6.45) is -0.546. The van der Waals surface area contributed by atoms with Gasteiger partial charge >= 0.3 is 6.09 Å². The average molecular weight is 409 g/mol. The molecule has 30 heavy (non-hydrogen) atoms. The van der Waals surface area contributed by atoms with Gasteiger partial charge in [0.25, 0.3) is 0 Å². The standard InChI is InChI=1S/C23H28N4O3/c1-23(2,3)29-22(28)24-18(16-12-8-6-9-13-16)20-25-21(30-26-20)19(27(4)5)17-14-10-7-11-15-17/h6-15,18-19H,1-5H3,(H,24,28)/t18-,19-/m1/s1. The summed E-state index contributed by atoms with van der Waals surface area (Å²) in [5, 5.41) is 7.06. The molecule has 0 saturated heterocycles. The van der Waals surface area contributed by atoms with Crippen molar-refractivity contribution in [1.29, 1.82) is 0 Å². The third-order valence-electron chi connectivity index (χ3n) is 4.38. The van der Waals surface area contributed by atoms with Crippen molar-refractivity contribution in [3.05, 3.63) is 83.5 Å². The number of rotatable bonds is 6. The number of hydrogen-bond acceptors (Lipinski definition) is 6. The molecule has 3 aromatic rings. The van der Waals surface area contributed by atoms with Crippen molar-refractivity contribution in [2.75, 3.05) is 14.1 Å². The van der Waals surface area contributed by atoms with Gasteiger partial charge in [0.15, 0.2) is 5.82 Å². The van der Waals surface area contributed by atoms with Crippen LogP contribution in [0.4, 0.5) is 4.79 Å². The van der Waals surface area contributed by atoms with E-state index in [0.717, 1.165) is 11.1 Å². The molecule has 7 heteroatoms. The van der Waals surface area contributed by atoms with Gasteiger partial charge in [-0.1, -0.05) is 65.8 Å². The molecule has 1 aromatic heterocycles. The summed E-state index contributed by atoms with van der Waals surface area (Å²) < 4.78 is 11.1. The van der Waals surface area contributed by atoms with Crippen molar-refractivity contribution in [1.82, 2.24) is 20.4 Å². The first-order valence-corrected chi connectivity index (χ1v) is 9.84. The molecule has 2 atom stereocenters. The highest BCUT2D eigenvalue weighted by Gasteiger charge is 2.29. The molecule has 0 bridgehead atoms. The highest BCUT2D eigenvalue weighted by Crippen LogP contribution is 2.28. The highest BCUT2D eigenvalue weighted by molar-refractivity contribution is 5.69. The maximum atomic E-state index is 12.5. The summed E-state index contributed by atoms with van der Waals surface area (Å²) in [6.45, 7) is 5.45. The number of aromatic nitrogens is 2. The Hall–Kier alpha value is -3.19. The minimum atomic E-state index is -0.614. The van der Waals surface area contributed by atoms with Gasteiger partial charge in [-0.15, -0.1) is 0 Å². The molecule has 3 rings (SSSR count). The lowest BCUT2D eigenvalue weighted by Gasteiger charge is -2.22. The lowest BCUT2D eigenvalue weighted by molar-refractivity contribution is 0.0510. The fourth-order valence-electron chi connectivity index (χ4n) is 3.14. The molecule has 2 aromatic carbocycles. The zero-order valence-electron chi connectivity index (χ0n) is 18.0. The van der Waals surface area contributed by atoms with Gasteiger partial charge < -0.3 is 14.6 Å². The maximum Gasteiger partial charge on any atom is 0.408 e. The third-order valence-corrected chi connectivity index (χ3v) is 4.38. The van der Waals surface area contributed by atoms with Crippen LogP contribution in [0.5, 0.6) is 0 Å². The summed E-state index contributed by atoms with van der Waals surface area (Å²) in [5.74, 6) is 0.818. The van der Waals surface area contributed by atoms with Crippen LogP contribution in [-0.2, 0) is 4.74 Å². The lowest BCUT2D eigenvalue weighted by Crippen LogP contribution is -2.35. The van der Waals surface area contributed by atoms with Crippen LogP contribution in [0.2, 0.25) is 0 Å². The molecule has 0 spiro atoms. The number of alkyl carbamates (subject to hydrolysis) is 1. The average Bonchev–Trinajstić information content (AvgIpc) is 3.15. The first-order chi connectivity index (χ1) is 14.2. The van der Waals surface area contributed by atoms with Crippen LogP contribution in [0.15, 0.2) is 65.2 Å². The number of amides is 1. The maximum absolute atomic E-state index is 12.5. The van der Waals surface area contributed by atoms with Gasteiger partial charge in [0.05, 0.1) is 0 Å². The van der Waals surface area contributed by atoms with E-state index in [2.05, 4.69) is 15.5 Å². The number of nitrogens with one attached hydrogen (secondary N) is 1. The number of nitrogens with zero attached hydrogens (tertiary/aromatic N) is 3. The molecule has 0 aliphatic heterocycles. The second-order valence-electron chi connectivity index (χ2n) is 8.26. The van der Waals surface area contributed by atoms with Crippen LogP contribution in [0.25, 0.3) is 0 Å². The molecule has 0 radical (unpaired) electrons. The number of carbonyl (C=O) groups excluding carboxylic acids is 1. The van der Waals surface area contributed by atoms with Gasteiger partial charge in [-0.05, 0) is 46.0 Å². The number of hydrogen-bond donors (Lipinski definition) is 1. The Kier molecular flexibility index (Phi) is 6.52. The molecule has 158 valence electrons. The predicted molar refractivity (Wildman–Crippen MR) is 114 cm³/mol. The number of ether oxygens (including phenoxy) is 1. The molecule has 0 unspecified atom stereocenters. The first-order valence-electron chi connectivity index (χ1n) is 9.84. The minimum Gasteiger partial charge on any atom is -0.444 e. The van der Waals surface area contributed by atoms with Crippen LogP contribution < -0.4 is 5.32 Å². The molecular weight excluding hydrogens is 380 g/mol. The SMILES string of the molecule is CN(C)[C@H](c1ccccc1)c1nc([C@H](NC(=O)OC(C)(C)C)c2ccccc2)no1. The molecule has 0 fully saturated rings. The van der Waals surface area contributed by atoms with Crippen molar-refractivity contribution in [2.45, 2.75) is 38.5 Å². The Labute approximate surface area is 177 Å². The second kappa shape index (κ2) is 9.09. The predicted octanol–water partition coefficient (Wildman–Crippen LogP) is 4.33. The van der Waals surface area contributed by atoms with E-state index in [1.54, 1.807) is 0 Å². The van der Waals surface area contributed by atoms with Crippen molar-refractivity contribution in [3.8, 4) is 0 Å². The van der Waals surface area contributed by atoms with Gasteiger partial charge in [0.1, 0.15) is 17.7 Å². The molecule has 0 aliphatic carbocycles. The van der Waals surface area contributed by atoms with E-state index in [1.807, 2.05) is 100 Å². The normalized spacial score (nSPS) is 13.7. The summed E-state index contributed by atoms with van der Waals surface area (Å²) in [6, 6.07) is 18.6. The summed E-state index contributed by atoms with van der Waals surface area (Å²) in [5.41, 5.74) is 1.25. The van der Waals surface area contributed by atoms with Gasteiger partial charge in [0.2, 0.25) is 5.89 Å². The van der Waals surface area contributed by atoms with Crippen molar-refractivity contribution in [2.24, 2.45) is 0 Å². The van der Waals surface area contributed by atoms with Gasteiger partial charge in [-0.3, -0.25) is 4.90 Å². The topological polar surface area (TPSA) is 80.5 Å². The van der Waals surface area contributed by atoms with E-state index in [0.29, 0.717) is 11.7 Å². The molecule has 0 saturated carbocycles. The number of carbonyl (C=O) groups is 1. The van der Waals surface area contributed by atoms with E-state index in [9.17, 15) is 4.79 Å². The summed E-state index contributed by atoms with van der Waals surface area (Å²) >= 11 is 0.